The molecule has 0 amide bonds. The number of guanidine groups is 1. The molecular weight excluding hydrogens is 334 g/mol. The van der Waals surface area contributed by atoms with Gasteiger partial charge in [-0.15, -0.1) is 24.0 Å². The van der Waals surface area contributed by atoms with Crippen LogP contribution >= 0.6 is 24.0 Å². The van der Waals surface area contributed by atoms with Gasteiger partial charge in [-0.1, -0.05) is 0 Å². The van der Waals surface area contributed by atoms with Gasteiger partial charge in [0.05, 0.1) is 18.4 Å². The summed E-state index contributed by atoms with van der Waals surface area (Å²) in [5, 5.41) is 3.03. The van der Waals surface area contributed by atoms with E-state index in [-0.39, 0.29) is 35.3 Å². The van der Waals surface area contributed by atoms with Crippen molar-refractivity contribution in [2.75, 3.05) is 0 Å². The molecule has 17 heavy (non-hydrogen) atoms. The predicted octanol–water partition coefficient (Wildman–Crippen LogP) is 2.04. The molecule has 0 aromatic carbocycles. The Hall–Kier alpha value is -0.920. The maximum atomic E-state index is 12.6. The van der Waals surface area contributed by atoms with Gasteiger partial charge < -0.3 is 11.1 Å². The second-order valence-electron chi connectivity index (χ2n) is 4.54. The van der Waals surface area contributed by atoms with Crippen molar-refractivity contribution in [2.45, 2.75) is 32.9 Å². The average molecular weight is 352 g/mol. The van der Waals surface area contributed by atoms with Crippen LogP contribution in [-0.2, 0) is 6.54 Å². The molecule has 0 spiro atoms. The number of rotatable bonds is 2. The Balaban J connectivity index is 0.00000256. The molecule has 1 rings (SSSR count). The molecule has 0 saturated carbocycles. The fraction of sp³-hybridized carbons (Fsp3) is 0.455. The highest BCUT2D eigenvalue weighted by atomic mass is 127. The number of aromatic nitrogens is 1. The Morgan fingerprint density at radius 2 is 2.12 bits per heavy atom. The number of nitrogens with zero attached hydrogens (tertiary/aromatic N) is 2. The average Bonchev–Trinajstić information content (AvgIpc) is 2.14. The van der Waals surface area contributed by atoms with Crippen molar-refractivity contribution in [1.29, 1.82) is 0 Å². The lowest BCUT2D eigenvalue weighted by Gasteiger charge is -2.20. The maximum Gasteiger partial charge on any atom is 0.189 e. The van der Waals surface area contributed by atoms with Crippen molar-refractivity contribution >= 4 is 29.9 Å². The van der Waals surface area contributed by atoms with Gasteiger partial charge >= 0.3 is 0 Å². The van der Waals surface area contributed by atoms with Gasteiger partial charge in [-0.05, 0) is 32.9 Å². The summed E-state index contributed by atoms with van der Waals surface area (Å²) in [5.41, 5.74) is 6.23. The van der Waals surface area contributed by atoms with E-state index in [0.717, 1.165) is 6.20 Å². The highest BCUT2D eigenvalue weighted by Gasteiger charge is 2.09. The molecule has 0 radical (unpaired) electrons. The second-order valence-corrected chi connectivity index (χ2v) is 4.54. The standard InChI is InChI=1S/C11H17FN4.HI/c1-11(2,3)16-10(13)15-7-9-5-4-8(12)6-14-9;/h4-6H,7H2,1-3H3,(H3,13,15,16);1H. The van der Waals surface area contributed by atoms with Crippen LogP contribution in [0.15, 0.2) is 23.3 Å². The largest absolute Gasteiger partial charge is 0.370 e. The Labute approximate surface area is 118 Å². The van der Waals surface area contributed by atoms with Gasteiger partial charge in [0.15, 0.2) is 5.96 Å². The maximum absolute atomic E-state index is 12.6. The van der Waals surface area contributed by atoms with E-state index in [1.54, 1.807) is 6.07 Å². The summed E-state index contributed by atoms with van der Waals surface area (Å²) < 4.78 is 12.6. The molecule has 3 N–H and O–H groups in total. The van der Waals surface area contributed by atoms with Crippen LogP contribution in [0.4, 0.5) is 4.39 Å². The van der Waals surface area contributed by atoms with Crippen LogP contribution in [-0.4, -0.2) is 16.5 Å². The number of pyridine rings is 1. The minimum absolute atomic E-state index is 0. The van der Waals surface area contributed by atoms with E-state index >= 15 is 0 Å². The first-order valence-corrected chi connectivity index (χ1v) is 5.05. The highest BCUT2D eigenvalue weighted by Crippen LogP contribution is 2.00. The first kappa shape index (κ1) is 16.1. The second kappa shape index (κ2) is 6.73. The van der Waals surface area contributed by atoms with Crippen molar-refractivity contribution in [3.8, 4) is 0 Å². The molecule has 0 fully saturated rings. The Morgan fingerprint density at radius 1 is 1.47 bits per heavy atom. The van der Waals surface area contributed by atoms with Gasteiger partial charge in [-0.25, -0.2) is 9.38 Å². The molecule has 6 heteroatoms. The lowest BCUT2D eigenvalue weighted by Crippen LogP contribution is -2.44. The quantitative estimate of drug-likeness (QED) is 0.487. The van der Waals surface area contributed by atoms with Gasteiger partial charge in [0.25, 0.3) is 0 Å². The smallest absolute Gasteiger partial charge is 0.189 e. The van der Waals surface area contributed by atoms with Crippen molar-refractivity contribution in [1.82, 2.24) is 10.3 Å². The number of hydrogen-bond acceptors (Lipinski definition) is 2. The number of hydrogen-bond donors (Lipinski definition) is 2. The minimum atomic E-state index is -0.353. The van der Waals surface area contributed by atoms with Crippen molar-refractivity contribution in [2.24, 2.45) is 10.7 Å². The highest BCUT2D eigenvalue weighted by molar-refractivity contribution is 14.0. The van der Waals surface area contributed by atoms with Crippen LogP contribution in [0, 0.1) is 5.82 Å². The Morgan fingerprint density at radius 3 is 2.59 bits per heavy atom. The topological polar surface area (TPSA) is 63.3 Å². The summed E-state index contributed by atoms with van der Waals surface area (Å²) in [6, 6.07) is 2.94. The third-order valence-corrected chi connectivity index (χ3v) is 1.70. The molecule has 0 aliphatic rings. The summed E-state index contributed by atoms with van der Waals surface area (Å²) >= 11 is 0. The molecule has 1 aromatic rings. The first-order valence-electron chi connectivity index (χ1n) is 5.05. The minimum Gasteiger partial charge on any atom is -0.370 e. The SMILES string of the molecule is CC(C)(C)NC(N)=NCc1ccc(F)cn1.I. The molecule has 0 saturated heterocycles. The van der Waals surface area contributed by atoms with E-state index in [4.69, 9.17) is 5.73 Å². The molecule has 1 heterocycles. The zero-order chi connectivity index (χ0) is 12.2. The monoisotopic (exact) mass is 352 g/mol. The van der Waals surface area contributed by atoms with Gasteiger partial charge in [0, 0.05) is 5.54 Å². The number of halogens is 2. The van der Waals surface area contributed by atoms with E-state index in [1.165, 1.54) is 6.07 Å². The summed E-state index contributed by atoms with van der Waals surface area (Å²) in [6.45, 7) is 6.32. The third kappa shape index (κ3) is 7.09. The summed E-state index contributed by atoms with van der Waals surface area (Å²) in [5.74, 6) is 0.00661. The van der Waals surface area contributed by atoms with Gasteiger partial charge in [-0.3, -0.25) is 4.98 Å². The fourth-order valence-corrected chi connectivity index (χ4v) is 1.09. The molecule has 0 aliphatic carbocycles. The normalized spacial score (nSPS) is 11.9. The summed E-state index contributed by atoms with van der Waals surface area (Å²) in [4.78, 5) is 7.99. The van der Waals surface area contributed by atoms with Crippen molar-refractivity contribution in [3.63, 3.8) is 0 Å². The van der Waals surface area contributed by atoms with E-state index in [9.17, 15) is 4.39 Å². The van der Waals surface area contributed by atoms with E-state index < -0.39 is 0 Å². The summed E-state index contributed by atoms with van der Waals surface area (Å²) in [6.07, 6.45) is 1.16. The molecule has 96 valence electrons. The molecule has 0 unspecified atom stereocenters. The van der Waals surface area contributed by atoms with E-state index in [0.29, 0.717) is 18.2 Å². The lowest BCUT2D eigenvalue weighted by atomic mass is 10.1. The number of aliphatic imine (C=N–C) groups is 1. The van der Waals surface area contributed by atoms with Crippen LogP contribution in [0.3, 0.4) is 0 Å². The number of nitrogens with two attached hydrogens (primary N) is 1. The number of nitrogens with one attached hydrogen (secondary N) is 1. The predicted molar refractivity (Wildman–Crippen MR) is 77.8 cm³/mol. The molecule has 0 atom stereocenters. The Kier molecular flexibility index (Phi) is 6.36. The van der Waals surface area contributed by atoms with Gasteiger partial charge in [0.1, 0.15) is 5.82 Å². The zero-order valence-corrected chi connectivity index (χ0v) is 12.5. The first-order chi connectivity index (χ1) is 7.37. The van der Waals surface area contributed by atoms with Crippen LogP contribution in [0.25, 0.3) is 0 Å². The molecule has 0 bridgehead atoms. The molecule has 4 nitrogen and oxygen atoms in total. The van der Waals surface area contributed by atoms with Gasteiger partial charge in [-0.2, -0.15) is 0 Å². The van der Waals surface area contributed by atoms with Crippen LogP contribution in [0.2, 0.25) is 0 Å². The van der Waals surface area contributed by atoms with Crippen LogP contribution < -0.4 is 11.1 Å². The molecule has 0 aliphatic heterocycles. The molecule has 1 aromatic heterocycles. The lowest BCUT2D eigenvalue weighted by molar-refractivity contribution is 0.508. The van der Waals surface area contributed by atoms with Crippen molar-refractivity contribution < 1.29 is 4.39 Å². The van der Waals surface area contributed by atoms with E-state index in [1.807, 2.05) is 20.8 Å². The third-order valence-electron chi connectivity index (χ3n) is 1.70. The van der Waals surface area contributed by atoms with Crippen LogP contribution in [0.1, 0.15) is 26.5 Å². The van der Waals surface area contributed by atoms with Crippen LogP contribution in [0.5, 0.6) is 0 Å². The Bertz CT molecular complexity index is 370. The molecular formula is C11H18FIN4. The summed E-state index contributed by atoms with van der Waals surface area (Å²) in [7, 11) is 0. The zero-order valence-electron chi connectivity index (χ0n) is 10.2. The van der Waals surface area contributed by atoms with Crippen molar-refractivity contribution in [3.05, 3.63) is 29.8 Å². The van der Waals surface area contributed by atoms with Gasteiger partial charge in [0.2, 0.25) is 0 Å². The van der Waals surface area contributed by atoms with E-state index in [2.05, 4.69) is 15.3 Å². The fourth-order valence-electron chi connectivity index (χ4n) is 1.09.